The summed E-state index contributed by atoms with van der Waals surface area (Å²) in [7, 11) is 0. The van der Waals surface area contributed by atoms with Gasteiger partial charge in [0, 0.05) is 18.1 Å². The summed E-state index contributed by atoms with van der Waals surface area (Å²) < 4.78 is 0. The number of aryl methyl sites for hydroxylation is 1. The minimum absolute atomic E-state index is 0.211. The molecule has 8 heteroatoms. The van der Waals surface area contributed by atoms with Crippen LogP contribution in [0.15, 0.2) is 12.7 Å². The zero-order valence-corrected chi connectivity index (χ0v) is 12.8. The van der Waals surface area contributed by atoms with Gasteiger partial charge in [0.25, 0.3) is 0 Å². The van der Waals surface area contributed by atoms with Gasteiger partial charge in [-0.3, -0.25) is 0 Å². The van der Waals surface area contributed by atoms with Crippen LogP contribution in [-0.4, -0.2) is 40.1 Å². The fourth-order valence-corrected chi connectivity index (χ4v) is 2.77. The summed E-state index contributed by atoms with van der Waals surface area (Å²) in [5.41, 5.74) is 0.473. The van der Waals surface area contributed by atoms with Crippen LogP contribution in [0.3, 0.4) is 0 Å². The molecule has 1 heterocycles. The number of aromatic nitrogens is 1. The fourth-order valence-electron chi connectivity index (χ4n) is 1.35. The lowest BCUT2D eigenvalue weighted by Crippen LogP contribution is -2.36. The Bertz CT molecular complexity index is 488. The number of rotatable bonds is 8. The van der Waals surface area contributed by atoms with Gasteiger partial charge in [0.1, 0.15) is 9.88 Å². The zero-order chi connectivity index (χ0) is 15.0. The summed E-state index contributed by atoms with van der Waals surface area (Å²) >= 11 is 2.76. The summed E-state index contributed by atoms with van der Waals surface area (Å²) in [6, 6.07) is -0.283. The van der Waals surface area contributed by atoms with Gasteiger partial charge in [0.15, 0.2) is 0 Å². The lowest BCUT2D eigenvalue weighted by atomic mass is 10.4. The molecule has 0 unspecified atom stereocenters. The van der Waals surface area contributed by atoms with E-state index in [1.807, 2.05) is 6.08 Å². The maximum Gasteiger partial charge on any atom is 0.347 e. The smallest absolute Gasteiger partial charge is 0.347 e. The van der Waals surface area contributed by atoms with E-state index in [1.165, 1.54) is 0 Å². The number of carboxylic acid groups (broad SMARTS) is 1. The highest BCUT2D eigenvalue weighted by atomic mass is 32.2. The van der Waals surface area contributed by atoms with Crippen LogP contribution in [0.5, 0.6) is 0 Å². The van der Waals surface area contributed by atoms with Gasteiger partial charge in [0.05, 0.1) is 12.2 Å². The van der Waals surface area contributed by atoms with Crippen LogP contribution >= 0.6 is 23.1 Å². The summed E-state index contributed by atoms with van der Waals surface area (Å²) in [6.07, 6.45) is 1.82. The molecule has 20 heavy (non-hydrogen) atoms. The lowest BCUT2D eigenvalue weighted by molar-refractivity contribution is 0.0701. The maximum absolute atomic E-state index is 11.5. The molecule has 0 saturated heterocycles. The predicted molar refractivity (Wildman–Crippen MR) is 81.6 cm³/mol. The fraction of sp³-hybridized carbons (Fsp3) is 0.417. The Morgan fingerprint density at radius 3 is 2.85 bits per heavy atom. The Hall–Kier alpha value is -1.54. The van der Waals surface area contributed by atoms with E-state index in [9.17, 15) is 9.59 Å². The van der Waals surface area contributed by atoms with Crippen LogP contribution in [0.4, 0.5) is 4.79 Å². The molecule has 1 aromatic rings. The highest BCUT2D eigenvalue weighted by Gasteiger charge is 2.14. The van der Waals surface area contributed by atoms with Crippen LogP contribution in [0.25, 0.3) is 0 Å². The van der Waals surface area contributed by atoms with Crippen molar-refractivity contribution >= 4 is 35.1 Å². The van der Waals surface area contributed by atoms with E-state index in [0.29, 0.717) is 17.2 Å². The van der Waals surface area contributed by atoms with Crippen LogP contribution in [0.1, 0.15) is 20.4 Å². The number of hydrogen-bond acceptors (Lipinski definition) is 5. The van der Waals surface area contributed by atoms with E-state index in [4.69, 9.17) is 5.11 Å². The first kappa shape index (κ1) is 16.5. The summed E-state index contributed by atoms with van der Waals surface area (Å²) in [5, 5.41) is 14.8. The molecular weight excluding hydrogens is 298 g/mol. The molecule has 0 bridgehead atoms. The molecule has 0 radical (unpaired) electrons. The predicted octanol–water partition coefficient (Wildman–Crippen LogP) is 1.87. The molecule has 0 saturated carbocycles. The van der Waals surface area contributed by atoms with Crippen molar-refractivity contribution in [2.45, 2.75) is 13.5 Å². The summed E-state index contributed by atoms with van der Waals surface area (Å²) in [5.74, 6) is 0.688. The number of carbonyl (C=O) groups is 2. The van der Waals surface area contributed by atoms with E-state index in [2.05, 4.69) is 22.2 Å². The topological polar surface area (TPSA) is 91.3 Å². The molecule has 0 aromatic carbocycles. The number of thiazole rings is 1. The van der Waals surface area contributed by atoms with Crippen molar-refractivity contribution < 1.29 is 14.7 Å². The number of aromatic carboxylic acids is 1. The molecule has 0 fully saturated rings. The van der Waals surface area contributed by atoms with Gasteiger partial charge in [0.2, 0.25) is 0 Å². The van der Waals surface area contributed by atoms with Gasteiger partial charge in [-0.15, -0.1) is 17.9 Å². The first-order chi connectivity index (χ1) is 9.54. The number of amides is 2. The largest absolute Gasteiger partial charge is 0.477 e. The van der Waals surface area contributed by atoms with Crippen LogP contribution < -0.4 is 10.6 Å². The van der Waals surface area contributed by atoms with E-state index in [-0.39, 0.29) is 17.5 Å². The maximum atomic E-state index is 11.5. The third-order valence-electron chi connectivity index (χ3n) is 2.20. The van der Waals surface area contributed by atoms with Gasteiger partial charge in [-0.2, -0.15) is 11.8 Å². The third-order valence-corrected chi connectivity index (χ3v) is 4.31. The van der Waals surface area contributed by atoms with Crippen molar-refractivity contribution in [2.75, 3.05) is 18.1 Å². The first-order valence-electron chi connectivity index (χ1n) is 5.94. The monoisotopic (exact) mass is 315 g/mol. The minimum atomic E-state index is -0.991. The number of nitrogens with zero attached hydrogens (tertiary/aromatic N) is 1. The van der Waals surface area contributed by atoms with Crippen molar-refractivity contribution in [3.8, 4) is 0 Å². The molecule has 0 aliphatic carbocycles. The molecule has 2 amide bonds. The number of nitrogens with one attached hydrogen (secondary N) is 2. The normalized spacial score (nSPS) is 10.1. The summed E-state index contributed by atoms with van der Waals surface area (Å²) in [6.45, 7) is 6.05. The molecule has 0 spiro atoms. The quantitative estimate of drug-likeness (QED) is 0.503. The van der Waals surface area contributed by atoms with E-state index >= 15 is 0 Å². The second kappa shape index (κ2) is 8.60. The third kappa shape index (κ3) is 5.62. The Balaban J connectivity index is 2.28. The standard InChI is InChI=1S/C12H17N3O3S2/c1-3-5-19-6-4-13-12(18)14-7-9-15-8(2)10(20-9)11(16)17/h3H,1,4-7H2,2H3,(H,16,17)(H2,13,14,18). The van der Waals surface area contributed by atoms with Crippen molar-refractivity contribution in [1.82, 2.24) is 15.6 Å². The number of urea groups is 1. The molecule has 0 atom stereocenters. The Kier molecular flexibility index (Phi) is 7.10. The van der Waals surface area contributed by atoms with Gasteiger partial charge < -0.3 is 15.7 Å². The molecule has 0 aliphatic heterocycles. The van der Waals surface area contributed by atoms with Crippen LogP contribution in [-0.2, 0) is 6.54 Å². The highest BCUT2D eigenvalue weighted by molar-refractivity contribution is 7.99. The highest BCUT2D eigenvalue weighted by Crippen LogP contribution is 2.17. The molecule has 6 nitrogen and oxygen atoms in total. The Labute approximate surface area is 125 Å². The summed E-state index contributed by atoms with van der Waals surface area (Å²) in [4.78, 5) is 26.7. The second-order valence-corrected chi connectivity index (χ2v) is 6.03. The lowest BCUT2D eigenvalue weighted by Gasteiger charge is -2.05. The van der Waals surface area contributed by atoms with Gasteiger partial charge >= 0.3 is 12.0 Å². The SMILES string of the molecule is C=CCSCCNC(=O)NCc1nc(C)c(C(=O)O)s1. The van der Waals surface area contributed by atoms with Crippen molar-refractivity contribution in [3.05, 3.63) is 28.2 Å². The van der Waals surface area contributed by atoms with Gasteiger partial charge in [-0.05, 0) is 6.92 Å². The Morgan fingerprint density at radius 1 is 1.50 bits per heavy atom. The van der Waals surface area contributed by atoms with Crippen molar-refractivity contribution in [2.24, 2.45) is 0 Å². The van der Waals surface area contributed by atoms with E-state index in [1.54, 1.807) is 18.7 Å². The Morgan fingerprint density at radius 2 is 2.25 bits per heavy atom. The minimum Gasteiger partial charge on any atom is -0.477 e. The molecule has 110 valence electrons. The number of thioether (sulfide) groups is 1. The average molecular weight is 315 g/mol. The van der Waals surface area contributed by atoms with E-state index in [0.717, 1.165) is 22.8 Å². The molecule has 1 rings (SSSR count). The van der Waals surface area contributed by atoms with Gasteiger partial charge in [-0.1, -0.05) is 6.08 Å². The van der Waals surface area contributed by atoms with Crippen molar-refractivity contribution in [1.29, 1.82) is 0 Å². The van der Waals surface area contributed by atoms with E-state index < -0.39 is 5.97 Å². The molecular formula is C12H17N3O3S2. The number of carboxylic acids is 1. The average Bonchev–Trinajstić information content (AvgIpc) is 2.77. The number of carbonyl (C=O) groups excluding carboxylic acids is 1. The molecule has 3 N–H and O–H groups in total. The molecule has 1 aromatic heterocycles. The van der Waals surface area contributed by atoms with Crippen LogP contribution in [0.2, 0.25) is 0 Å². The van der Waals surface area contributed by atoms with Gasteiger partial charge in [-0.25, -0.2) is 14.6 Å². The molecule has 0 aliphatic rings. The second-order valence-electron chi connectivity index (χ2n) is 3.80. The van der Waals surface area contributed by atoms with Crippen LogP contribution in [0, 0.1) is 6.92 Å². The van der Waals surface area contributed by atoms with Crippen molar-refractivity contribution in [3.63, 3.8) is 0 Å². The first-order valence-corrected chi connectivity index (χ1v) is 7.91. The zero-order valence-electron chi connectivity index (χ0n) is 11.1. The number of hydrogen-bond donors (Lipinski definition) is 3.